The molecule has 0 spiro atoms. The predicted molar refractivity (Wildman–Crippen MR) is 92.7 cm³/mol. The Morgan fingerprint density at radius 3 is 2.54 bits per heavy atom. The number of amides is 1. The molecule has 0 atom stereocenters. The van der Waals surface area contributed by atoms with Crippen molar-refractivity contribution in [3.63, 3.8) is 0 Å². The minimum Gasteiger partial charge on any atom is -0.463 e. The van der Waals surface area contributed by atoms with Crippen molar-refractivity contribution < 1.29 is 27.1 Å². The van der Waals surface area contributed by atoms with Gasteiger partial charge in [0.2, 0.25) is 0 Å². The molecule has 26 heavy (non-hydrogen) atoms. The highest BCUT2D eigenvalue weighted by molar-refractivity contribution is 8.00. The lowest BCUT2D eigenvalue weighted by molar-refractivity contribution is -0.140. The average molecular weight is 395 g/mol. The molecule has 0 aromatic heterocycles. The molecule has 1 aliphatic rings. The SMILES string of the molecule is O=C(CSc1ccccc1F)OCCN1C(=O)c2ccccc2S1(=O)=O. The number of hydrogen-bond donors (Lipinski definition) is 0. The van der Waals surface area contributed by atoms with Crippen LogP contribution in [0.5, 0.6) is 0 Å². The fourth-order valence-electron chi connectivity index (χ4n) is 2.43. The summed E-state index contributed by atoms with van der Waals surface area (Å²) in [6.45, 7) is -0.540. The third kappa shape index (κ3) is 3.58. The highest BCUT2D eigenvalue weighted by atomic mass is 32.2. The zero-order valence-corrected chi connectivity index (χ0v) is 15.1. The quantitative estimate of drug-likeness (QED) is 0.552. The Labute approximate surface area is 154 Å². The Kier molecular flexibility index (Phi) is 5.28. The number of ether oxygens (including phenoxy) is 1. The molecule has 0 N–H and O–H groups in total. The van der Waals surface area contributed by atoms with E-state index >= 15 is 0 Å². The summed E-state index contributed by atoms with van der Waals surface area (Å²) >= 11 is 0.980. The van der Waals surface area contributed by atoms with E-state index in [1.165, 1.54) is 24.3 Å². The summed E-state index contributed by atoms with van der Waals surface area (Å²) in [6.07, 6.45) is 0. The second-order valence-corrected chi connectivity index (χ2v) is 8.17. The van der Waals surface area contributed by atoms with Gasteiger partial charge in [0.15, 0.2) is 0 Å². The monoisotopic (exact) mass is 395 g/mol. The van der Waals surface area contributed by atoms with E-state index in [-0.39, 0.29) is 29.4 Å². The van der Waals surface area contributed by atoms with Crippen molar-refractivity contribution in [1.82, 2.24) is 4.31 Å². The number of nitrogens with zero attached hydrogens (tertiary/aromatic N) is 1. The lowest BCUT2D eigenvalue weighted by atomic mass is 10.2. The average Bonchev–Trinajstić information content (AvgIpc) is 2.82. The molecule has 0 fully saturated rings. The van der Waals surface area contributed by atoms with Gasteiger partial charge in [-0.15, -0.1) is 11.8 Å². The number of sulfonamides is 1. The van der Waals surface area contributed by atoms with E-state index in [1.54, 1.807) is 24.3 Å². The highest BCUT2D eigenvalue weighted by Crippen LogP contribution is 2.29. The molecule has 0 radical (unpaired) electrons. The van der Waals surface area contributed by atoms with Gasteiger partial charge in [-0.3, -0.25) is 9.59 Å². The number of carbonyl (C=O) groups excluding carboxylic acids is 2. The van der Waals surface area contributed by atoms with Crippen LogP contribution in [0.25, 0.3) is 0 Å². The summed E-state index contributed by atoms with van der Waals surface area (Å²) in [5.41, 5.74) is 0.105. The summed E-state index contributed by atoms with van der Waals surface area (Å²) in [7, 11) is -3.92. The van der Waals surface area contributed by atoms with Crippen molar-refractivity contribution in [3.05, 3.63) is 59.9 Å². The van der Waals surface area contributed by atoms with E-state index in [4.69, 9.17) is 4.74 Å². The van der Waals surface area contributed by atoms with Gasteiger partial charge in [0.25, 0.3) is 15.9 Å². The van der Waals surface area contributed by atoms with Crippen LogP contribution in [-0.2, 0) is 19.6 Å². The Morgan fingerprint density at radius 2 is 1.81 bits per heavy atom. The number of thioether (sulfide) groups is 1. The molecule has 0 saturated carbocycles. The molecule has 1 aliphatic heterocycles. The zero-order chi connectivity index (χ0) is 18.7. The Balaban J connectivity index is 1.53. The van der Waals surface area contributed by atoms with E-state index in [2.05, 4.69) is 0 Å². The third-order valence-corrected chi connectivity index (χ3v) is 6.51. The van der Waals surface area contributed by atoms with Gasteiger partial charge in [-0.1, -0.05) is 24.3 Å². The highest BCUT2D eigenvalue weighted by Gasteiger charge is 2.40. The first kappa shape index (κ1) is 18.4. The standard InChI is InChI=1S/C17H14FNO5S2/c18-13-6-2-3-7-14(13)25-11-16(20)24-10-9-19-17(21)12-5-1-4-8-15(12)26(19,22)23/h1-8H,9-11H2. The lowest BCUT2D eigenvalue weighted by Gasteiger charge is -2.14. The Hall–Kier alpha value is -2.39. The van der Waals surface area contributed by atoms with Crippen molar-refractivity contribution in [3.8, 4) is 0 Å². The number of halogens is 1. The van der Waals surface area contributed by atoms with Gasteiger partial charge in [0, 0.05) is 4.90 Å². The van der Waals surface area contributed by atoms with Gasteiger partial charge in [-0.25, -0.2) is 17.1 Å². The Bertz CT molecular complexity index is 961. The van der Waals surface area contributed by atoms with E-state index in [0.29, 0.717) is 9.20 Å². The predicted octanol–water partition coefficient (Wildman–Crippen LogP) is 2.31. The van der Waals surface area contributed by atoms with Gasteiger partial charge in [0.05, 0.1) is 17.9 Å². The van der Waals surface area contributed by atoms with Gasteiger partial charge in [0.1, 0.15) is 17.3 Å². The second kappa shape index (κ2) is 7.46. The molecule has 136 valence electrons. The van der Waals surface area contributed by atoms with Crippen LogP contribution in [0.4, 0.5) is 4.39 Å². The first-order valence-electron chi connectivity index (χ1n) is 7.60. The van der Waals surface area contributed by atoms with E-state index in [1.807, 2.05) is 0 Å². The largest absolute Gasteiger partial charge is 0.463 e. The van der Waals surface area contributed by atoms with Crippen LogP contribution in [0.3, 0.4) is 0 Å². The van der Waals surface area contributed by atoms with Crippen LogP contribution in [0, 0.1) is 5.82 Å². The molecular weight excluding hydrogens is 381 g/mol. The molecule has 6 nitrogen and oxygen atoms in total. The number of benzene rings is 2. The number of hydrogen-bond acceptors (Lipinski definition) is 6. The van der Waals surface area contributed by atoms with Crippen LogP contribution < -0.4 is 0 Å². The number of esters is 1. The summed E-state index contributed by atoms with van der Waals surface area (Å²) in [5.74, 6) is -1.82. The topological polar surface area (TPSA) is 80.8 Å². The van der Waals surface area contributed by atoms with Crippen LogP contribution in [0.1, 0.15) is 10.4 Å². The van der Waals surface area contributed by atoms with E-state index in [9.17, 15) is 22.4 Å². The van der Waals surface area contributed by atoms with Gasteiger partial charge < -0.3 is 4.74 Å². The normalized spacial score (nSPS) is 15.0. The van der Waals surface area contributed by atoms with Gasteiger partial charge in [-0.05, 0) is 24.3 Å². The van der Waals surface area contributed by atoms with Crippen molar-refractivity contribution in [2.75, 3.05) is 18.9 Å². The molecule has 0 unspecified atom stereocenters. The molecule has 9 heteroatoms. The maximum Gasteiger partial charge on any atom is 0.316 e. The Morgan fingerprint density at radius 1 is 1.12 bits per heavy atom. The van der Waals surface area contributed by atoms with Crippen LogP contribution in [-0.4, -0.2) is 43.5 Å². The number of rotatable bonds is 6. The molecule has 1 heterocycles. The lowest BCUT2D eigenvalue weighted by Crippen LogP contribution is -2.33. The summed E-state index contributed by atoms with van der Waals surface area (Å²) in [5, 5.41) is 0. The summed E-state index contributed by atoms with van der Waals surface area (Å²) < 4.78 is 43.8. The van der Waals surface area contributed by atoms with Gasteiger partial charge >= 0.3 is 5.97 Å². The first-order chi connectivity index (χ1) is 12.4. The maximum atomic E-state index is 13.5. The molecule has 0 saturated heterocycles. The second-order valence-electron chi connectivity index (χ2n) is 5.32. The molecule has 1 amide bonds. The maximum absolute atomic E-state index is 13.5. The van der Waals surface area contributed by atoms with Gasteiger partial charge in [-0.2, -0.15) is 0 Å². The molecule has 2 aromatic rings. The minimum absolute atomic E-state index is 0.0496. The molecule has 0 bridgehead atoms. The smallest absolute Gasteiger partial charge is 0.316 e. The minimum atomic E-state index is -3.92. The van der Waals surface area contributed by atoms with Crippen molar-refractivity contribution in [1.29, 1.82) is 0 Å². The first-order valence-corrected chi connectivity index (χ1v) is 10.0. The number of carbonyl (C=O) groups is 2. The summed E-state index contributed by atoms with van der Waals surface area (Å²) in [6, 6.07) is 11.9. The fraction of sp³-hybridized carbons (Fsp3) is 0.176. The molecule has 0 aliphatic carbocycles. The van der Waals surface area contributed by atoms with Crippen molar-refractivity contribution >= 4 is 33.7 Å². The van der Waals surface area contributed by atoms with Crippen LogP contribution >= 0.6 is 11.8 Å². The van der Waals surface area contributed by atoms with Crippen LogP contribution in [0.2, 0.25) is 0 Å². The van der Waals surface area contributed by atoms with Crippen LogP contribution in [0.15, 0.2) is 58.3 Å². The third-order valence-electron chi connectivity index (χ3n) is 3.65. The molecule has 3 rings (SSSR count). The fourth-order valence-corrected chi connectivity index (χ4v) is 4.72. The van der Waals surface area contributed by atoms with E-state index in [0.717, 1.165) is 11.8 Å². The molecular formula is C17H14FNO5S2. The summed E-state index contributed by atoms with van der Waals surface area (Å²) in [4.78, 5) is 24.2. The van der Waals surface area contributed by atoms with Crippen molar-refractivity contribution in [2.24, 2.45) is 0 Å². The molecule has 2 aromatic carbocycles. The van der Waals surface area contributed by atoms with Crippen molar-refractivity contribution in [2.45, 2.75) is 9.79 Å². The van der Waals surface area contributed by atoms with E-state index < -0.39 is 27.7 Å². The zero-order valence-electron chi connectivity index (χ0n) is 13.4. The number of fused-ring (bicyclic) bond motifs is 1.